The molecule has 0 bridgehead atoms. The molecular formula is C19H20O8S. The van der Waals surface area contributed by atoms with Crippen molar-refractivity contribution in [2.45, 2.75) is 11.8 Å². The molecule has 9 heteroatoms. The Hall–Kier alpha value is -3.07. The van der Waals surface area contributed by atoms with Crippen molar-refractivity contribution in [3.05, 3.63) is 40.5 Å². The summed E-state index contributed by atoms with van der Waals surface area (Å²) in [6, 6.07) is 3.98. The smallest absolute Gasteiger partial charge is 0.340 e. The van der Waals surface area contributed by atoms with Crippen LogP contribution in [0, 0.1) is 6.92 Å². The van der Waals surface area contributed by atoms with Gasteiger partial charge >= 0.3 is 5.97 Å². The van der Waals surface area contributed by atoms with Crippen LogP contribution in [0.4, 0.5) is 0 Å². The number of aryl methyl sites for hydroxylation is 1. The molecule has 0 fully saturated rings. The van der Waals surface area contributed by atoms with E-state index in [9.17, 15) is 24.0 Å². The number of methoxy groups -OCH3 is 3. The number of carbonyl (C=O) groups excluding carboxylic acids is 2. The molecule has 0 radical (unpaired) electrons. The lowest BCUT2D eigenvalue weighted by Gasteiger charge is -2.18. The van der Waals surface area contributed by atoms with Gasteiger partial charge in [-0.25, -0.2) is 4.79 Å². The number of phenols is 2. The lowest BCUT2D eigenvalue weighted by Crippen LogP contribution is -2.17. The topological polar surface area (TPSA) is 119 Å². The van der Waals surface area contributed by atoms with E-state index < -0.39 is 33.9 Å². The van der Waals surface area contributed by atoms with Gasteiger partial charge in [0.05, 0.1) is 48.2 Å². The quantitative estimate of drug-likeness (QED) is 0.551. The van der Waals surface area contributed by atoms with E-state index in [0.29, 0.717) is 5.56 Å². The third kappa shape index (κ3) is 3.65. The van der Waals surface area contributed by atoms with Crippen LogP contribution < -0.4 is 9.47 Å². The fourth-order valence-corrected chi connectivity index (χ4v) is 3.68. The van der Waals surface area contributed by atoms with Crippen molar-refractivity contribution in [1.29, 1.82) is 0 Å². The summed E-state index contributed by atoms with van der Waals surface area (Å²) in [5, 5.41) is 20.6. The van der Waals surface area contributed by atoms with Gasteiger partial charge < -0.3 is 24.4 Å². The minimum Gasteiger partial charge on any atom is -0.507 e. The van der Waals surface area contributed by atoms with Crippen molar-refractivity contribution >= 4 is 22.6 Å². The maximum Gasteiger partial charge on any atom is 0.340 e. The van der Waals surface area contributed by atoms with E-state index in [2.05, 4.69) is 0 Å². The van der Waals surface area contributed by atoms with E-state index in [1.165, 1.54) is 32.6 Å². The first kappa shape index (κ1) is 21.2. The van der Waals surface area contributed by atoms with Crippen LogP contribution in [0.3, 0.4) is 0 Å². The average Bonchev–Trinajstić information content (AvgIpc) is 2.64. The van der Waals surface area contributed by atoms with Gasteiger partial charge in [0.1, 0.15) is 28.6 Å². The Morgan fingerprint density at radius 3 is 1.96 bits per heavy atom. The van der Waals surface area contributed by atoms with Gasteiger partial charge in [0.2, 0.25) is 5.78 Å². The van der Waals surface area contributed by atoms with Crippen LogP contribution in [0.1, 0.15) is 31.8 Å². The average molecular weight is 408 g/mol. The monoisotopic (exact) mass is 408 g/mol. The van der Waals surface area contributed by atoms with Crippen LogP contribution in [-0.4, -0.2) is 53.8 Å². The number of hydrogen-bond donors (Lipinski definition) is 2. The second kappa shape index (κ2) is 8.30. The summed E-state index contributed by atoms with van der Waals surface area (Å²) in [6.07, 6.45) is 1.24. The molecule has 0 saturated carbocycles. The molecule has 150 valence electrons. The molecule has 0 aliphatic heterocycles. The summed E-state index contributed by atoms with van der Waals surface area (Å²) in [5.74, 6) is -2.75. The second-order valence-electron chi connectivity index (χ2n) is 5.81. The van der Waals surface area contributed by atoms with Crippen LogP contribution in [0.2, 0.25) is 0 Å². The number of carbonyl (C=O) groups is 2. The summed E-state index contributed by atoms with van der Waals surface area (Å²) in [5.41, 5.74) is -0.288. The standard InChI is InChI=1S/C19H20O8S/c1-9-6-10(20)14(12(7-9)25-2)17(22)15-13(26-3)8-11(21)18(28(5)24)16(15)19(23)27-4/h6-8,20-21H,1-5H3. The summed E-state index contributed by atoms with van der Waals surface area (Å²) in [4.78, 5) is 25.5. The van der Waals surface area contributed by atoms with E-state index in [1.54, 1.807) is 6.92 Å². The SMILES string of the molecule is COC(=O)c1c(C(=O)c2c(O)cc(C)cc2OC)c(OC)cc(O)c1S(C)=O. The molecule has 28 heavy (non-hydrogen) atoms. The molecule has 0 aliphatic carbocycles. The maximum absolute atomic E-state index is 13.4. The van der Waals surface area contributed by atoms with Gasteiger partial charge in [-0.05, 0) is 24.6 Å². The van der Waals surface area contributed by atoms with Crippen LogP contribution in [0.15, 0.2) is 23.1 Å². The zero-order chi connectivity index (χ0) is 21.2. The molecule has 0 aromatic heterocycles. The van der Waals surface area contributed by atoms with Gasteiger partial charge in [-0.1, -0.05) is 0 Å². The lowest BCUT2D eigenvalue weighted by molar-refractivity contribution is 0.0591. The van der Waals surface area contributed by atoms with Crippen molar-refractivity contribution in [1.82, 2.24) is 0 Å². The Balaban J connectivity index is 2.96. The molecule has 0 heterocycles. The highest BCUT2D eigenvalue weighted by molar-refractivity contribution is 7.84. The van der Waals surface area contributed by atoms with Crippen molar-refractivity contribution in [3.63, 3.8) is 0 Å². The predicted molar refractivity (Wildman–Crippen MR) is 101 cm³/mol. The molecule has 0 aliphatic rings. The Labute approximate surface area is 164 Å². The third-order valence-electron chi connectivity index (χ3n) is 4.02. The van der Waals surface area contributed by atoms with Crippen molar-refractivity contribution < 1.29 is 38.2 Å². The highest BCUT2D eigenvalue weighted by Crippen LogP contribution is 2.40. The first-order valence-electron chi connectivity index (χ1n) is 7.95. The molecule has 0 amide bonds. The Bertz CT molecular complexity index is 981. The number of esters is 1. The maximum atomic E-state index is 13.4. The van der Waals surface area contributed by atoms with Crippen molar-refractivity contribution in [2.24, 2.45) is 0 Å². The zero-order valence-electron chi connectivity index (χ0n) is 16.0. The van der Waals surface area contributed by atoms with Crippen molar-refractivity contribution in [3.8, 4) is 23.0 Å². The lowest BCUT2D eigenvalue weighted by atomic mass is 9.94. The molecule has 1 atom stereocenters. The van der Waals surface area contributed by atoms with E-state index in [0.717, 1.165) is 13.2 Å². The number of phenolic OH excluding ortho intramolecular Hbond substituents is 2. The van der Waals surface area contributed by atoms with Gasteiger partial charge in [-0.3, -0.25) is 9.00 Å². The Morgan fingerprint density at radius 1 is 0.893 bits per heavy atom. The molecule has 1 unspecified atom stereocenters. The van der Waals surface area contributed by atoms with Crippen LogP contribution in [0.25, 0.3) is 0 Å². The first-order chi connectivity index (χ1) is 13.2. The number of benzene rings is 2. The van der Waals surface area contributed by atoms with Crippen LogP contribution in [0.5, 0.6) is 23.0 Å². The minimum atomic E-state index is -1.84. The highest BCUT2D eigenvalue weighted by atomic mass is 32.2. The van der Waals surface area contributed by atoms with Crippen molar-refractivity contribution in [2.75, 3.05) is 27.6 Å². The fraction of sp³-hybridized carbons (Fsp3) is 0.263. The molecule has 0 spiro atoms. The number of aromatic hydroxyl groups is 2. The minimum absolute atomic E-state index is 0.0765. The zero-order valence-corrected chi connectivity index (χ0v) is 16.8. The molecule has 8 nitrogen and oxygen atoms in total. The largest absolute Gasteiger partial charge is 0.507 e. The molecule has 2 rings (SSSR count). The normalized spacial score (nSPS) is 11.6. The van der Waals surface area contributed by atoms with E-state index in [-0.39, 0.29) is 33.3 Å². The van der Waals surface area contributed by atoms with Gasteiger partial charge in [-0.15, -0.1) is 0 Å². The first-order valence-corrected chi connectivity index (χ1v) is 9.51. The number of ether oxygens (including phenoxy) is 3. The Morgan fingerprint density at radius 2 is 1.46 bits per heavy atom. The summed E-state index contributed by atoms with van der Waals surface area (Å²) in [7, 11) is 1.81. The third-order valence-corrected chi connectivity index (χ3v) is 5.01. The van der Waals surface area contributed by atoms with Gasteiger partial charge in [0, 0.05) is 12.3 Å². The van der Waals surface area contributed by atoms with Gasteiger partial charge in [-0.2, -0.15) is 0 Å². The molecule has 2 aromatic rings. The molecular weight excluding hydrogens is 388 g/mol. The van der Waals surface area contributed by atoms with E-state index in [4.69, 9.17) is 14.2 Å². The van der Waals surface area contributed by atoms with E-state index in [1.807, 2.05) is 0 Å². The van der Waals surface area contributed by atoms with E-state index >= 15 is 0 Å². The second-order valence-corrected chi connectivity index (χ2v) is 7.13. The number of hydrogen-bond acceptors (Lipinski definition) is 8. The summed E-state index contributed by atoms with van der Waals surface area (Å²) >= 11 is 0. The number of rotatable bonds is 6. The van der Waals surface area contributed by atoms with Crippen LogP contribution >= 0.6 is 0 Å². The number of ketones is 1. The Kier molecular flexibility index (Phi) is 6.30. The fourth-order valence-electron chi connectivity index (χ4n) is 2.85. The molecule has 0 saturated heterocycles. The van der Waals surface area contributed by atoms with Crippen LogP contribution in [-0.2, 0) is 15.5 Å². The van der Waals surface area contributed by atoms with Gasteiger partial charge in [0.25, 0.3) is 0 Å². The summed E-state index contributed by atoms with van der Waals surface area (Å²) in [6.45, 7) is 1.70. The predicted octanol–water partition coefficient (Wildman–Crippen LogP) is 2.18. The summed E-state index contributed by atoms with van der Waals surface area (Å²) < 4.78 is 27.3. The molecule has 2 N–H and O–H groups in total. The van der Waals surface area contributed by atoms with Gasteiger partial charge in [0.15, 0.2) is 0 Å². The highest BCUT2D eigenvalue weighted by Gasteiger charge is 2.33. The molecule has 2 aromatic carbocycles.